The van der Waals surface area contributed by atoms with Gasteiger partial charge in [-0.15, -0.1) is 0 Å². The summed E-state index contributed by atoms with van der Waals surface area (Å²) < 4.78 is 0. The first-order valence-corrected chi connectivity index (χ1v) is 9.78. The Hall–Kier alpha value is -2.41. The molecule has 3 aromatic rings. The van der Waals surface area contributed by atoms with Crippen molar-refractivity contribution in [2.75, 3.05) is 0 Å². The minimum Gasteiger partial charge on any atom is -0.256 e. The molecule has 1 heterocycles. The van der Waals surface area contributed by atoms with E-state index in [1.54, 1.807) is 0 Å². The van der Waals surface area contributed by atoms with Crippen molar-refractivity contribution in [3.63, 3.8) is 0 Å². The molecule has 1 heteroatoms. The van der Waals surface area contributed by atoms with E-state index >= 15 is 0 Å². The van der Waals surface area contributed by atoms with Gasteiger partial charge in [-0.25, -0.2) is 0 Å². The van der Waals surface area contributed by atoms with Gasteiger partial charge in [0.15, 0.2) is 0 Å². The molecule has 26 heavy (non-hydrogen) atoms. The van der Waals surface area contributed by atoms with Gasteiger partial charge in [0.1, 0.15) is 0 Å². The van der Waals surface area contributed by atoms with E-state index in [4.69, 9.17) is 4.98 Å². The Morgan fingerprint density at radius 3 is 1.88 bits per heavy atom. The van der Waals surface area contributed by atoms with Crippen LogP contribution in [0.15, 0.2) is 66.9 Å². The summed E-state index contributed by atoms with van der Waals surface area (Å²) >= 11 is 0. The van der Waals surface area contributed by atoms with Gasteiger partial charge in [-0.3, -0.25) is 4.98 Å². The maximum absolute atomic E-state index is 4.78. The van der Waals surface area contributed by atoms with Crippen LogP contribution in [0.3, 0.4) is 0 Å². The Morgan fingerprint density at radius 2 is 1.31 bits per heavy atom. The van der Waals surface area contributed by atoms with Gasteiger partial charge in [0.05, 0.1) is 5.69 Å². The van der Waals surface area contributed by atoms with Crippen LogP contribution in [0.4, 0.5) is 0 Å². The smallest absolute Gasteiger partial charge is 0.0702 e. The molecule has 4 rings (SSSR count). The topological polar surface area (TPSA) is 12.9 Å². The van der Waals surface area contributed by atoms with Gasteiger partial charge in [0, 0.05) is 11.8 Å². The molecule has 1 aliphatic rings. The number of benzene rings is 2. The molecule has 1 nitrogen and oxygen atoms in total. The fraction of sp³-hybridized carbons (Fsp3) is 0.320. The van der Waals surface area contributed by atoms with Crippen LogP contribution >= 0.6 is 0 Å². The van der Waals surface area contributed by atoms with Crippen LogP contribution in [-0.2, 0) is 0 Å². The molecule has 132 valence electrons. The second-order valence-corrected chi connectivity index (χ2v) is 7.81. The Morgan fingerprint density at radius 1 is 0.692 bits per heavy atom. The van der Waals surface area contributed by atoms with Crippen molar-refractivity contribution in [3.05, 3.63) is 89.1 Å². The molecule has 0 radical (unpaired) electrons. The highest BCUT2D eigenvalue weighted by Gasteiger charge is 2.23. The van der Waals surface area contributed by atoms with Gasteiger partial charge < -0.3 is 0 Å². The molecular formula is C25H27N. The maximum atomic E-state index is 4.78. The number of hydrogen-bond donors (Lipinski definition) is 0. The number of pyridine rings is 1. The molecule has 0 saturated heterocycles. The molecular weight excluding hydrogens is 314 g/mol. The fourth-order valence-electron chi connectivity index (χ4n) is 4.43. The predicted molar refractivity (Wildman–Crippen MR) is 110 cm³/mol. The van der Waals surface area contributed by atoms with E-state index in [0.717, 1.165) is 11.6 Å². The van der Waals surface area contributed by atoms with Crippen LogP contribution in [0.2, 0.25) is 0 Å². The average Bonchev–Trinajstić information content (AvgIpc) is 2.68. The molecule has 1 saturated carbocycles. The quantitative estimate of drug-likeness (QED) is 0.510. The van der Waals surface area contributed by atoms with Crippen LogP contribution in [0.1, 0.15) is 59.8 Å². The number of hydrogen-bond acceptors (Lipinski definition) is 1. The van der Waals surface area contributed by atoms with Crippen LogP contribution in [0.5, 0.6) is 0 Å². The fourth-order valence-corrected chi connectivity index (χ4v) is 4.43. The summed E-state index contributed by atoms with van der Waals surface area (Å²) in [5.74, 6) is 1.39. The van der Waals surface area contributed by atoms with E-state index in [0.29, 0.717) is 5.92 Å². The van der Waals surface area contributed by atoms with Crippen LogP contribution in [-0.4, -0.2) is 4.98 Å². The van der Waals surface area contributed by atoms with Crippen LogP contribution < -0.4 is 0 Å². The summed E-state index contributed by atoms with van der Waals surface area (Å²) in [4.78, 5) is 4.78. The van der Waals surface area contributed by atoms with Crippen molar-refractivity contribution in [2.45, 2.75) is 51.4 Å². The molecule has 1 fully saturated rings. The second-order valence-electron chi connectivity index (χ2n) is 7.81. The molecule has 0 spiro atoms. The molecule has 0 unspecified atom stereocenters. The van der Waals surface area contributed by atoms with E-state index in [1.807, 2.05) is 0 Å². The van der Waals surface area contributed by atoms with Crippen molar-refractivity contribution < 1.29 is 0 Å². The zero-order valence-electron chi connectivity index (χ0n) is 15.8. The first-order valence-electron chi connectivity index (χ1n) is 9.78. The zero-order valence-corrected chi connectivity index (χ0v) is 15.8. The van der Waals surface area contributed by atoms with Gasteiger partial charge >= 0.3 is 0 Å². The van der Waals surface area contributed by atoms with Gasteiger partial charge in [0.2, 0.25) is 0 Å². The van der Waals surface area contributed by atoms with Crippen molar-refractivity contribution in [1.82, 2.24) is 4.98 Å². The minimum atomic E-state index is 0.663. The minimum absolute atomic E-state index is 0.663. The third-order valence-corrected chi connectivity index (χ3v) is 5.77. The molecule has 0 bridgehead atoms. The van der Waals surface area contributed by atoms with Gasteiger partial charge in [0.25, 0.3) is 0 Å². The number of aromatic nitrogens is 1. The lowest BCUT2D eigenvalue weighted by Gasteiger charge is -2.29. The van der Waals surface area contributed by atoms with E-state index in [1.165, 1.54) is 53.5 Å². The number of rotatable bonds is 3. The Bertz CT molecular complexity index is 836. The molecule has 0 N–H and O–H groups in total. The van der Waals surface area contributed by atoms with Gasteiger partial charge in [-0.05, 0) is 80.7 Å². The highest BCUT2D eigenvalue weighted by molar-refractivity contribution is 5.61. The molecule has 0 aliphatic heterocycles. The van der Waals surface area contributed by atoms with E-state index in [-0.39, 0.29) is 0 Å². The van der Waals surface area contributed by atoms with Crippen molar-refractivity contribution in [3.8, 4) is 11.3 Å². The lowest BCUT2D eigenvalue weighted by molar-refractivity contribution is 0.396. The zero-order chi connectivity index (χ0) is 17.9. The molecule has 0 atom stereocenters. The monoisotopic (exact) mass is 341 g/mol. The summed E-state index contributed by atoms with van der Waals surface area (Å²) in [5, 5.41) is 0. The van der Waals surface area contributed by atoms with Gasteiger partial charge in [-0.1, -0.05) is 53.6 Å². The summed E-state index contributed by atoms with van der Waals surface area (Å²) in [6.45, 7) is 4.30. The van der Waals surface area contributed by atoms with Crippen molar-refractivity contribution in [1.29, 1.82) is 0 Å². The molecule has 1 aliphatic carbocycles. The van der Waals surface area contributed by atoms with E-state index in [9.17, 15) is 0 Å². The van der Waals surface area contributed by atoms with Crippen molar-refractivity contribution in [2.24, 2.45) is 0 Å². The number of aryl methyl sites for hydroxylation is 2. The van der Waals surface area contributed by atoms with E-state index in [2.05, 4.69) is 80.7 Å². The maximum Gasteiger partial charge on any atom is 0.0702 e. The third-order valence-electron chi connectivity index (χ3n) is 5.77. The second kappa shape index (κ2) is 7.45. The average molecular weight is 341 g/mol. The first kappa shape index (κ1) is 17.0. The molecule has 1 aromatic heterocycles. The lowest BCUT2D eigenvalue weighted by Crippen LogP contribution is -2.12. The van der Waals surface area contributed by atoms with Crippen LogP contribution in [0.25, 0.3) is 11.3 Å². The standard InChI is InChI=1S/C25H27N/c1-18-14-19(2)16-24(15-18)25-13-12-23(17-26-25)22-10-8-21(9-11-22)20-6-4-3-5-7-20/h3-7,12-17,21-22H,8-11H2,1-2H3. The van der Waals surface area contributed by atoms with Crippen LogP contribution in [0, 0.1) is 13.8 Å². The Balaban J connectivity index is 1.45. The SMILES string of the molecule is Cc1cc(C)cc(-c2ccc(C3CCC(c4ccccc4)CC3)cn2)c1. The lowest BCUT2D eigenvalue weighted by atomic mass is 9.76. The summed E-state index contributed by atoms with van der Waals surface area (Å²) in [6.07, 6.45) is 7.22. The molecule has 2 aromatic carbocycles. The normalized spacial score (nSPS) is 20.1. The summed E-state index contributed by atoms with van der Waals surface area (Å²) in [7, 11) is 0. The highest BCUT2D eigenvalue weighted by Crippen LogP contribution is 2.40. The third kappa shape index (κ3) is 3.72. The summed E-state index contributed by atoms with van der Waals surface area (Å²) in [6, 6.07) is 22.2. The Labute approximate surface area is 157 Å². The summed E-state index contributed by atoms with van der Waals surface area (Å²) in [5.41, 5.74) is 7.81. The largest absolute Gasteiger partial charge is 0.256 e. The Kier molecular flexibility index (Phi) is 4.88. The van der Waals surface area contributed by atoms with E-state index < -0.39 is 0 Å². The highest BCUT2D eigenvalue weighted by atomic mass is 14.7. The first-order chi connectivity index (χ1) is 12.7. The molecule has 0 amide bonds. The predicted octanol–water partition coefficient (Wildman–Crippen LogP) is 6.81. The van der Waals surface area contributed by atoms with Gasteiger partial charge in [-0.2, -0.15) is 0 Å². The van der Waals surface area contributed by atoms with Crippen molar-refractivity contribution >= 4 is 0 Å². The number of nitrogens with zero attached hydrogens (tertiary/aromatic N) is 1.